The SMILES string of the molecule is COC(=O)c1ccccc1NC(=O)C[n+]1ccc2c(c1)CCCC2. The largest absolute Gasteiger partial charge is 0.465 e. The third-order valence-corrected chi connectivity index (χ3v) is 4.28. The molecule has 0 aliphatic heterocycles. The maximum atomic E-state index is 12.3. The molecule has 1 aliphatic rings. The first-order valence-electron chi connectivity index (χ1n) is 8.15. The molecular weight excluding hydrogens is 304 g/mol. The molecule has 0 bridgehead atoms. The molecule has 5 nitrogen and oxygen atoms in total. The van der Waals surface area contributed by atoms with Gasteiger partial charge < -0.3 is 10.1 Å². The average Bonchev–Trinajstić information content (AvgIpc) is 2.61. The van der Waals surface area contributed by atoms with E-state index in [1.54, 1.807) is 24.3 Å². The Morgan fingerprint density at radius 3 is 2.67 bits per heavy atom. The minimum atomic E-state index is -0.465. The van der Waals surface area contributed by atoms with Crippen LogP contribution in [0.5, 0.6) is 0 Å². The first-order valence-corrected chi connectivity index (χ1v) is 8.15. The van der Waals surface area contributed by atoms with Crippen LogP contribution in [0.3, 0.4) is 0 Å². The number of anilines is 1. The summed E-state index contributed by atoms with van der Waals surface area (Å²) in [5.74, 6) is -0.639. The number of hydrogen-bond acceptors (Lipinski definition) is 3. The van der Waals surface area contributed by atoms with Gasteiger partial charge in [0.15, 0.2) is 12.4 Å². The molecule has 1 heterocycles. The van der Waals surface area contributed by atoms with Gasteiger partial charge in [0.25, 0.3) is 5.91 Å². The van der Waals surface area contributed by atoms with Crippen LogP contribution >= 0.6 is 0 Å². The van der Waals surface area contributed by atoms with Gasteiger partial charge in [-0.3, -0.25) is 4.79 Å². The van der Waals surface area contributed by atoms with E-state index in [1.165, 1.54) is 31.1 Å². The van der Waals surface area contributed by atoms with Gasteiger partial charge in [0, 0.05) is 11.6 Å². The van der Waals surface area contributed by atoms with Crippen molar-refractivity contribution in [1.29, 1.82) is 0 Å². The van der Waals surface area contributed by atoms with Crippen LogP contribution in [0.2, 0.25) is 0 Å². The highest BCUT2D eigenvalue weighted by Gasteiger charge is 2.18. The summed E-state index contributed by atoms with van der Waals surface area (Å²) < 4.78 is 6.63. The number of rotatable bonds is 4. The Bertz CT molecular complexity index is 771. The standard InChI is InChI=1S/C19H20N2O3/c1-24-19(23)16-8-4-5-9-17(16)20-18(22)13-21-11-10-14-6-2-3-7-15(14)12-21/h4-5,8-12H,2-3,6-7,13H2,1H3/p+1. The minimum Gasteiger partial charge on any atom is -0.465 e. The van der Waals surface area contributed by atoms with Crippen molar-refractivity contribution in [2.24, 2.45) is 0 Å². The van der Waals surface area contributed by atoms with Gasteiger partial charge in [0.1, 0.15) is 0 Å². The van der Waals surface area contributed by atoms with Crippen molar-refractivity contribution in [2.45, 2.75) is 32.2 Å². The second kappa shape index (κ2) is 7.25. The zero-order chi connectivity index (χ0) is 16.9. The smallest absolute Gasteiger partial charge is 0.339 e. The molecule has 5 heteroatoms. The van der Waals surface area contributed by atoms with E-state index in [0.717, 1.165) is 12.8 Å². The Kier molecular flexibility index (Phi) is 4.89. The zero-order valence-electron chi connectivity index (χ0n) is 13.7. The quantitative estimate of drug-likeness (QED) is 0.693. The van der Waals surface area contributed by atoms with Crippen LogP contribution in [-0.2, 0) is 28.9 Å². The Hall–Kier alpha value is -2.69. The summed E-state index contributed by atoms with van der Waals surface area (Å²) in [6.07, 6.45) is 8.63. The highest BCUT2D eigenvalue weighted by atomic mass is 16.5. The minimum absolute atomic E-state index is 0.174. The Morgan fingerprint density at radius 1 is 1.12 bits per heavy atom. The van der Waals surface area contributed by atoms with Gasteiger partial charge in [-0.25, -0.2) is 4.79 Å². The number of methoxy groups -OCH3 is 1. The van der Waals surface area contributed by atoms with Crippen LogP contribution in [0.1, 0.15) is 34.3 Å². The van der Waals surface area contributed by atoms with Crippen molar-refractivity contribution >= 4 is 17.6 Å². The van der Waals surface area contributed by atoms with Crippen LogP contribution in [-0.4, -0.2) is 19.0 Å². The summed E-state index contributed by atoms with van der Waals surface area (Å²) in [6.45, 7) is 0.211. The van der Waals surface area contributed by atoms with Crippen molar-refractivity contribution in [1.82, 2.24) is 0 Å². The zero-order valence-corrected chi connectivity index (χ0v) is 13.7. The van der Waals surface area contributed by atoms with E-state index < -0.39 is 5.97 Å². The molecule has 1 aliphatic carbocycles. The molecule has 0 fully saturated rings. The topological polar surface area (TPSA) is 59.3 Å². The molecule has 0 unspecified atom stereocenters. The normalized spacial score (nSPS) is 13.0. The van der Waals surface area contributed by atoms with Crippen LogP contribution in [0.15, 0.2) is 42.7 Å². The first-order chi connectivity index (χ1) is 11.7. The van der Waals surface area contributed by atoms with Crippen molar-refractivity contribution < 1.29 is 18.9 Å². The fourth-order valence-corrected chi connectivity index (χ4v) is 3.05. The maximum Gasteiger partial charge on any atom is 0.339 e. The number of carbonyl (C=O) groups excluding carboxylic acids is 2. The van der Waals surface area contributed by atoms with Gasteiger partial charge in [-0.2, -0.15) is 4.57 Å². The van der Waals surface area contributed by atoms with E-state index in [1.807, 2.05) is 10.8 Å². The summed E-state index contributed by atoms with van der Waals surface area (Å²) in [7, 11) is 1.32. The second-order valence-electron chi connectivity index (χ2n) is 5.96. The predicted molar refractivity (Wildman–Crippen MR) is 89.7 cm³/mol. The monoisotopic (exact) mass is 325 g/mol. The van der Waals surface area contributed by atoms with E-state index in [-0.39, 0.29) is 12.5 Å². The van der Waals surface area contributed by atoms with Gasteiger partial charge in [0.2, 0.25) is 6.54 Å². The van der Waals surface area contributed by atoms with Crippen LogP contribution in [0, 0.1) is 0 Å². The van der Waals surface area contributed by atoms with Gasteiger partial charge >= 0.3 is 5.97 Å². The van der Waals surface area contributed by atoms with Crippen LogP contribution in [0.25, 0.3) is 0 Å². The highest BCUT2D eigenvalue weighted by molar-refractivity contribution is 6.00. The predicted octanol–water partition coefficient (Wildman–Crippen LogP) is 2.28. The molecule has 24 heavy (non-hydrogen) atoms. The number of carbonyl (C=O) groups is 2. The maximum absolute atomic E-state index is 12.3. The van der Waals surface area contributed by atoms with Crippen LogP contribution < -0.4 is 9.88 Å². The number of aryl methyl sites for hydroxylation is 2. The van der Waals surface area contributed by atoms with Gasteiger partial charge in [-0.15, -0.1) is 0 Å². The van der Waals surface area contributed by atoms with E-state index in [4.69, 9.17) is 4.74 Å². The number of nitrogens with zero attached hydrogens (tertiary/aromatic N) is 1. The Morgan fingerprint density at radius 2 is 1.88 bits per heavy atom. The summed E-state index contributed by atoms with van der Waals surface area (Å²) in [4.78, 5) is 24.1. The molecular formula is C19H21N2O3+. The summed E-state index contributed by atoms with van der Waals surface area (Å²) in [6, 6.07) is 8.94. The van der Waals surface area contributed by atoms with Gasteiger partial charge in [0.05, 0.1) is 18.4 Å². The van der Waals surface area contributed by atoms with Gasteiger partial charge in [-0.1, -0.05) is 12.1 Å². The number of benzene rings is 1. The molecule has 1 aromatic heterocycles. The third-order valence-electron chi connectivity index (χ3n) is 4.28. The molecule has 2 aromatic rings. The molecule has 124 valence electrons. The molecule has 1 amide bonds. The second-order valence-corrected chi connectivity index (χ2v) is 5.96. The number of para-hydroxylation sites is 1. The number of pyridine rings is 1. The molecule has 1 aromatic carbocycles. The molecule has 0 radical (unpaired) electrons. The molecule has 0 saturated carbocycles. The first kappa shape index (κ1) is 16.2. The number of ether oxygens (including phenoxy) is 1. The van der Waals surface area contributed by atoms with Crippen molar-refractivity contribution in [3.05, 3.63) is 59.4 Å². The van der Waals surface area contributed by atoms with E-state index in [0.29, 0.717) is 11.3 Å². The lowest BCUT2D eigenvalue weighted by atomic mass is 9.93. The number of aromatic nitrogens is 1. The van der Waals surface area contributed by atoms with Crippen molar-refractivity contribution in [2.75, 3.05) is 12.4 Å². The lowest BCUT2D eigenvalue weighted by molar-refractivity contribution is -0.684. The van der Waals surface area contributed by atoms with E-state index in [9.17, 15) is 9.59 Å². The number of fused-ring (bicyclic) bond motifs is 1. The molecule has 0 spiro atoms. The molecule has 1 N–H and O–H groups in total. The number of nitrogens with one attached hydrogen (secondary N) is 1. The molecule has 0 saturated heterocycles. The highest BCUT2D eigenvalue weighted by Crippen LogP contribution is 2.19. The number of amides is 1. The summed E-state index contributed by atoms with van der Waals surface area (Å²) in [5.41, 5.74) is 3.53. The lowest BCUT2D eigenvalue weighted by Gasteiger charge is -2.13. The summed E-state index contributed by atoms with van der Waals surface area (Å²) in [5, 5.41) is 2.79. The fraction of sp³-hybridized carbons (Fsp3) is 0.316. The number of hydrogen-bond donors (Lipinski definition) is 1. The van der Waals surface area contributed by atoms with Gasteiger partial charge in [-0.05, 0) is 43.4 Å². The fourth-order valence-electron chi connectivity index (χ4n) is 3.05. The average molecular weight is 325 g/mol. The van der Waals surface area contributed by atoms with Crippen molar-refractivity contribution in [3.8, 4) is 0 Å². The number of esters is 1. The Balaban J connectivity index is 1.71. The van der Waals surface area contributed by atoms with E-state index in [2.05, 4.69) is 17.6 Å². The van der Waals surface area contributed by atoms with Crippen LogP contribution in [0.4, 0.5) is 5.69 Å². The van der Waals surface area contributed by atoms with Crippen molar-refractivity contribution in [3.63, 3.8) is 0 Å². The van der Waals surface area contributed by atoms with E-state index >= 15 is 0 Å². The lowest BCUT2D eigenvalue weighted by Crippen LogP contribution is -2.40. The summed E-state index contributed by atoms with van der Waals surface area (Å²) >= 11 is 0. The molecule has 0 atom stereocenters. The molecule has 3 rings (SSSR count). The third kappa shape index (κ3) is 3.62. The Labute approximate surface area is 141 Å².